The number of benzene rings is 3. The minimum absolute atomic E-state index is 0.0684. The van der Waals surface area contributed by atoms with Crippen LogP contribution in [-0.2, 0) is 32.3 Å². The van der Waals surface area contributed by atoms with Gasteiger partial charge in [0, 0.05) is 17.6 Å². The van der Waals surface area contributed by atoms with Crippen LogP contribution in [0.2, 0.25) is 5.02 Å². The Kier molecular flexibility index (Phi) is 10.7. The molecule has 3 rings (SSSR count). The molecule has 0 spiro atoms. The standard InChI is InChI=1S/C30H33ClF3N3O4S/c1-5-27(29(39)35-20(2)3)36(18-22-11-13-24(31)14-12-22)28(38)19-37(25-8-6-7-23(17-25)30(32,33)34)42(40,41)26-15-9-21(4)10-16-26/h6-17,20,27H,5,18-19H2,1-4H3,(H,35,39). The summed E-state index contributed by atoms with van der Waals surface area (Å²) >= 11 is 6.01. The molecule has 1 atom stereocenters. The molecule has 12 heteroatoms. The monoisotopic (exact) mass is 623 g/mol. The summed E-state index contributed by atoms with van der Waals surface area (Å²) in [5.41, 5.74) is -0.0236. The molecular formula is C30H33ClF3N3O4S. The molecule has 0 aliphatic rings. The summed E-state index contributed by atoms with van der Waals surface area (Å²) in [5.74, 6) is -1.22. The maximum absolute atomic E-state index is 14.0. The number of amides is 2. The van der Waals surface area contributed by atoms with Crippen molar-refractivity contribution in [2.24, 2.45) is 0 Å². The fourth-order valence-corrected chi connectivity index (χ4v) is 5.82. The van der Waals surface area contributed by atoms with Crippen LogP contribution >= 0.6 is 11.6 Å². The lowest BCUT2D eigenvalue weighted by molar-refractivity contribution is -0.140. The molecule has 3 aromatic rings. The maximum Gasteiger partial charge on any atom is 0.416 e. The van der Waals surface area contributed by atoms with Crippen molar-refractivity contribution < 1.29 is 31.2 Å². The SMILES string of the molecule is CCC(C(=O)NC(C)C)N(Cc1ccc(Cl)cc1)C(=O)CN(c1cccc(C(F)(F)F)c1)S(=O)(=O)c1ccc(C)cc1. The Morgan fingerprint density at radius 1 is 0.976 bits per heavy atom. The van der Waals surface area contributed by atoms with Crippen LogP contribution in [0.5, 0.6) is 0 Å². The van der Waals surface area contributed by atoms with Gasteiger partial charge < -0.3 is 10.2 Å². The highest BCUT2D eigenvalue weighted by Gasteiger charge is 2.36. The van der Waals surface area contributed by atoms with Gasteiger partial charge in [0.1, 0.15) is 12.6 Å². The van der Waals surface area contributed by atoms with E-state index in [1.807, 2.05) is 0 Å². The zero-order valence-corrected chi connectivity index (χ0v) is 25.2. The Hall–Kier alpha value is -3.57. The lowest BCUT2D eigenvalue weighted by atomic mass is 10.1. The van der Waals surface area contributed by atoms with Crippen molar-refractivity contribution in [3.8, 4) is 0 Å². The highest BCUT2D eigenvalue weighted by Crippen LogP contribution is 2.33. The summed E-state index contributed by atoms with van der Waals surface area (Å²) in [6.07, 6.45) is -4.55. The molecule has 0 bridgehead atoms. The first-order valence-electron chi connectivity index (χ1n) is 13.2. The third-order valence-electron chi connectivity index (χ3n) is 6.43. The Morgan fingerprint density at radius 2 is 1.60 bits per heavy atom. The summed E-state index contributed by atoms with van der Waals surface area (Å²) in [6, 6.07) is 14.9. The van der Waals surface area contributed by atoms with Crippen molar-refractivity contribution in [1.29, 1.82) is 0 Å². The van der Waals surface area contributed by atoms with Gasteiger partial charge in [-0.25, -0.2) is 8.42 Å². The molecule has 3 aromatic carbocycles. The number of rotatable bonds is 11. The molecule has 0 aliphatic heterocycles. The minimum atomic E-state index is -4.75. The van der Waals surface area contributed by atoms with Gasteiger partial charge in [0.05, 0.1) is 16.1 Å². The second kappa shape index (κ2) is 13.6. The topological polar surface area (TPSA) is 86.8 Å². The van der Waals surface area contributed by atoms with E-state index < -0.39 is 46.2 Å². The van der Waals surface area contributed by atoms with Gasteiger partial charge in [-0.3, -0.25) is 13.9 Å². The van der Waals surface area contributed by atoms with Crippen molar-refractivity contribution in [3.05, 3.63) is 94.5 Å². The molecule has 2 amide bonds. The van der Waals surface area contributed by atoms with Gasteiger partial charge in [0.25, 0.3) is 10.0 Å². The summed E-state index contributed by atoms with van der Waals surface area (Å²) in [4.78, 5) is 28.2. The van der Waals surface area contributed by atoms with Crippen LogP contribution < -0.4 is 9.62 Å². The molecule has 0 aliphatic carbocycles. The Balaban J connectivity index is 2.12. The number of hydrogen-bond donors (Lipinski definition) is 1. The second-order valence-corrected chi connectivity index (χ2v) is 12.4. The fraction of sp³-hybridized carbons (Fsp3) is 0.333. The summed E-state index contributed by atoms with van der Waals surface area (Å²) in [7, 11) is -4.51. The Bertz CT molecular complexity index is 1500. The molecule has 226 valence electrons. The Labute approximate surface area is 249 Å². The van der Waals surface area contributed by atoms with Gasteiger partial charge >= 0.3 is 6.18 Å². The van der Waals surface area contributed by atoms with Crippen LogP contribution in [0, 0.1) is 6.92 Å². The lowest BCUT2D eigenvalue weighted by Gasteiger charge is -2.33. The number of carbonyl (C=O) groups excluding carboxylic acids is 2. The molecule has 1 unspecified atom stereocenters. The number of alkyl halides is 3. The molecular weight excluding hydrogens is 591 g/mol. The van der Waals surface area contributed by atoms with E-state index in [-0.39, 0.29) is 29.6 Å². The van der Waals surface area contributed by atoms with Gasteiger partial charge in [-0.15, -0.1) is 0 Å². The number of halogens is 4. The Morgan fingerprint density at radius 3 is 2.14 bits per heavy atom. The van der Waals surface area contributed by atoms with Gasteiger partial charge in [-0.2, -0.15) is 13.2 Å². The average Bonchev–Trinajstić information content (AvgIpc) is 2.92. The molecule has 0 fully saturated rings. The van der Waals surface area contributed by atoms with Gasteiger partial charge in [0.2, 0.25) is 11.8 Å². The maximum atomic E-state index is 14.0. The van der Waals surface area contributed by atoms with E-state index in [9.17, 15) is 31.2 Å². The quantitative estimate of drug-likeness (QED) is 0.276. The van der Waals surface area contributed by atoms with Gasteiger partial charge in [-0.1, -0.05) is 54.4 Å². The normalized spacial score (nSPS) is 12.6. The number of sulfonamides is 1. The van der Waals surface area contributed by atoms with Gasteiger partial charge in [0.15, 0.2) is 0 Å². The third kappa shape index (κ3) is 8.25. The first kappa shape index (κ1) is 32.9. The lowest BCUT2D eigenvalue weighted by Crippen LogP contribution is -2.53. The number of nitrogens with one attached hydrogen (secondary N) is 1. The van der Waals surface area contributed by atoms with Crippen molar-refractivity contribution in [2.75, 3.05) is 10.8 Å². The number of anilines is 1. The van der Waals surface area contributed by atoms with Crippen LogP contribution in [-0.4, -0.2) is 43.8 Å². The van der Waals surface area contributed by atoms with E-state index >= 15 is 0 Å². The van der Waals surface area contributed by atoms with Crippen LogP contribution in [0.3, 0.4) is 0 Å². The predicted octanol–water partition coefficient (Wildman–Crippen LogP) is 6.19. The highest BCUT2D eigenvalue weighted by molar-refractivity contribution is 7.92. The molecule has 0 aromatic heterocycles. The summed E-state index contributed by atoms with van der Waals surface area (Å²) < 4.78 is 69.2. The molecule has 0 saturated carbocycles. The molecule has 0 heterocycles. The van der Waals surface area contributed by atoms with E-state index in [0.29, 0.717) is 21.0 Å². The zero-order chi connectivity index (χ0) is 31.2. The van der Waals surface area contributed by atoms with Crippen LogP contribution in [0.15, 0.2) is 77.7 Å². The molecule has 0 radical (unpaired) electrons. The number of hydrogen-bond acceptors (Lipinski definition) is 4. The van der Waals surface area contributed by atoms with Crippen LogP contribution in [0.25, 0.3) is 0 Å². The van der Waals surface area contributed by atoms with Crippen molar-refractivity contribution in [3.63, 3.8) is 0 Å². The first-order valence-corrected chi connectivity index (χ1v) is 15.1. The zero-order valence-electron chi connectivity index (χ0n) is 23.7. The highest BCUT2D eigenvalue weighted by atomic mass is 35.5. The van der Waals surface area contributed by atoms with Gasteiger partial charge in [-0.05, 0) is 75.2 Å². The molecule has 0 saturated heterocycles. The fourth-order valence-electron chi connectivity index (χ4n) is 4.29. The van der Waals surface area contributed by atoms with E-state index in [0.717, 1.165) is 17.7 Å². The third-order valence-corrected chi connectivity index (χ3v) is 8.47. The smallest absolute Gasteiger partial charge is 0.352 e. The molecule has 7 nitrogen and oxygen atoms in total. The van der Waals surface area contributed by atoms with Crippen LogP contribution in [0.1, 0.15) is 43.9 Å². The average molecular weight is 624 g/mol. The molecule has 1 N–H and O–H groups in total. The van der Waals surface area contributed by atoms with Crippen molar-refractivity contribution in [1.82, 2.24) is 10.2 Å². The predicted molar refractivity (Wildman–Crippen MR) is 157 cm³/mol. The number of carbonyl (C=O) groups is 2. The van der Waals surface area contributed by atoms with E-state index in [4.69, 9.17) is 11.6 Å². The summed E-state index contributed by atoms with van der Waals surface area (Å²) in [5, 5.41) is 3.24. The minimum Gasteiger partial charge on any atom is -0.352 e. The van der Waals surface area contributed by atoms with E-state index in [2.05, 4.69) is 5.32 Å². The van der Waals surface area contributed by atoms with Crippen molar-refractivity contribution >= 4 is 39.1 Å². The first-order chi connectivity index (χ1) is 19.6. The summed E-state index contributed by atoms with van der Waals surface area (Å²) in [6.45, 7) is 6.07. The molecule has 42 heavy (non-hydrogen) atoms. The largest absolute Gasteiger partial charge is 0.416 e. The number of aryl methyl sites for hydroxylation is 1. The number of nitrogens with zero attached hydrogens (tertiary/aromatic N) is 2. The second-order valence-electron chi connectivity index (χ2n) is 10.1. The van der Waals surface area contributed by atoms with Crippen LogP contribution in [0.4, 0.5) is 18.9 Å². The van der Waals surface area contributed by atoms with E-state index in [1.165, 1.54) is 23.1 Å². The van der Waals surface area contributed by atoms with Crippen molar-refractivity contribution in [2.45, 2.75) is 63.8 Å². The van der Waals surface area contributed by atoms with E-state index in [1.54, 1.807) is 64.1 Å².